The second-order valence-corrected chi connectivity index (χ2v) is 5.48. The monoisotopic (exact) mass is 271 g/mol. The Kier molecular flexibility index (Phi) is 3.83. The minimum Gasteiger partial charge on any atom is -0.396 e. The number of rotatable bonds is 5. The largest absolute Gasteiger partial charge is 0.396 e. The summed E-state index contributed by atoms with van der Waals surface area (Å²) in [6.45, 7) is 3.11. The van der Waals surface area contributed by atoms with Gasteiger partial charge in [0, 0.05) is 19.2 Å². The zero-order valence-corrected chi connectivity index (χ0v) is 11.9. The minimum atomic E-state index is 0.225. The summed E-state index contributed by atoms with van der Waals surface area (Å²) < 4.78 is 0. The summed E-state index contributed by atoms with van der Waals surface area (Å²) in [5.74, 6) is 0.988. The molecule has 1 aliphatic rings. The van der Waals surface area contributed by atoms with Crippen LogP contribution in [0.4, 0.5) is 5.82 Å². The second kappa shape index (κ2) is 5.75. The molecule has 1 fully saturated rings. The molecule has 1 heterocycles. The molecule has 2 aromatic rings. The van der Waals surface area contributed by atoms with Crippen LogP contribution in [0.5, 0.6) is 0 Å². The van der Waals surface area contributed by atoms with Crippen LogP contribution in [0.3, 0.4) is 0 Å². The van der Waals surface area contributed by atoms with Crippen molar-refractivity contribution >= 4 is 16.9 Å². The molecule has 0 radical (unpaired) electrons. The van der Waals surface area contributed by atoms with Gasteiger partial charge in [-0.2, -0.15) is 0 Å². The van der Waals surface area contributed by atoms with E-state index in [-0.39, 0.29) is 6.61 Å². The Balaban J connectivity index is 1.98. The molecule has 1 aliphatic carbocycles. The fourth-order valence-electron chi connectivity index (χ4n) is 2.75. The number of aliphatic hydroxyl groups excluding tert-OH is 1. The fraction of sp³-hybridized carbons (Fsp3) is 0.500. The van der Waals surface area contributed by atoms with E-state index in [4.69, 9.17) is 10.1 Å². The zero-order chi connectivity index (χ0) is 13.9. The molecule has 1 aromatic heterocycles. The van der Waals surface area contributed by atoms with Crippen LogP contribution >= 0.6 is 0 Å². The first-order valence-corrected chi connectivity index (χ1v) is 7.40. The number of aryl methyl sites for hydroxylation is 1. The van der Waals surface area contributed by atoms with Crippen molar-refractivity contribution in [2.45, 2.75) is 38.6 Å². The molecular weight excluding hydrogens is 250 g/mol. The van der Waals surface area contributed by atoms with Crippen molar-refractivity contribution in [3.05, 3.63) is 30.0 Å². The van der Waals surface area contributed by atoms with Gasteiger partial charge in [0.15, 0.2) is 5.82 Å². The third-order valence-electron chi connectivity index (χ3n) is 4.06. The maximum Gasteiger partial charge on any atom is 0.151 e. The Bertz CT molecular complexity index is 595. The van der Waals surface area contributed by atoms with Crippen LogP contribution in [0, 0.1) is 6.92 Å². The minimum absolute atomic E-state index is 0.225. The molecule has 0 unspecified atom stereocenters. The van der Waals surface area contributed by atoms with E-state index in [2.05, 4.69) is 9.88 Å². The lowest BCUT2D eigenvalue weighted by atomic mass is 9.91. The molecular formula is C16H21N3O. The van der Waals surface area contributed by atoms with Crippen molar-refractivity contribution in [1.29, 1.82) is 0 Å². The van der Waals surface area contributed by atoms with Crippen molar-refractivity contribution in [2.75, 3.05) is 18.1 Å². The second-order valence-electron chi connectivity index (χ2n) is 5.48. The molecule has 0 atom stereocenters. The van der Waals surface area contributed by atoms with Gasteiger partial charge in [0.2, 0.25) is 0 Å². The van der Waals surface area contributed by atoms with Gasteiger partial charge >= 0.3 is 0 Å². The van der Waals surface area contributed by atoms with E-state index in [9.17, 15) is 0 Å². The van der Waals surface area contributed by atoms with E-state index in [1.807, 2.05) is 31.2 Å². The van der Waals surface area contributed by atoms with Gasteiger partial charge in [0.1, 0.15) is 0 Å². The number of para-hydroxylation sites is 2. The molecule has 0 saturated heterocycles. The summed E-state index contributed by atoms with van der Waals surface area (Å²) in [5.41, 5.74) is 2.87. The number of fused-ring (bicyclic) bond motifs is 1. The van der Waals surface area contributed by atoms with Crippen LogP contribution in [0.15, 0.2) is 24.3 Å². The topological polar surface area (TPSA) is 49.2 Å². The summed E-state index contributed by atoms with van der Waals surface area (Å²) in [7, 11) is 0. The Morgan fingerprint density at radius 2 is 1.90 bits per heavy atom. The third-order valence-corrected chi connectivity index (χ3v) is 4.06. The van der Waals surface area contributed by atoms with Crippen LogP contribution < -0.4 is 4.90 Å². The summed E-state index contributed by atoms with van der Waals surface area (Å²) in [4.78, 5) is 11.8. The van der Waals surface area contributed by atoms with Crippen molar-refractivity contribution < 1.29 is 5.11 Å². The molecule has 1 aromatic carbocycles. The molecule has 3 rings (SSSR count). The van der Waals surface area contributed by atoms with Crippen LogP contribution in [-0.4, -0.2) is 34.3 Å². The first kappa shape index (κ1) is 13.3. The molecule has 1 saturated carbocycles. The van der Waals surface area contributed by atoms with E-state index in [1.165, 1.54) is 19.3 Å². The van der Waals surface area contributed by atoms with Gasteiger partial charge in [-0.3, -0.25) is 0 Å². The third kappa shape index (κ3) is 2.48. The van der Waals surface area contributed by atoms with Crippen molar-refractivity contribution in [3.63, 3.8) is 0 Å². The normalized spacial score (nSPS) is 15.3. The highest BCUT2D eigenvalue weighted by Gasteiger charge is 2.27. The Labute approximate surface area is 119 Å². The highest BCUT2D eigenvalue weighted by molar-refractivity contribution is 5.76. The van der Waals surface area contributed by atoms with Gasteiger partial charge in [0.05, 0.1) is 16.7 Å². The number of aromatic nitrogens is 2. The number of hydrogen-bond donors (Lipinski definition) is 1. The molecule has 20 heavy (non-hydrogen) atoms. The number of benzene rings is 1. The van der Waals surface area contributed by atoms with Gasteiger partial charge in [-0.1, -0.05) is 12.1 Å². The highest BCUT2D eigenvalue weighted by atomic mass is 16.3. The molecule has 0 aliphatic heterocycles. The Morgan fingerprint density at radius 1 is 1.20 bits per heavy atom. The average Bonchev–Trinajstić information content (AvgIpc) is 2.40. The van der Waals surface area contributed by atoms with Gasteiger partial charge in [-0.15, -0.1) is 0 Å². The first-order valence-electron chi connectivity index (χ1n) is 7.40. The average molecular weight is 271 g/mol. The van der Waals surface area contributed by atoms with Crippen molar-refractivity contribution in [2.24, 2.45) is 0 Å². The van der Waals surface area contributed by atoms with Crippen LogP contribution in [0.1, 0.15) is 31.4 Å². The molecule has 4 nitrogen and oxygen atoms in total. The standard InChI is InChI=1S/C16H21N3O/c1-12-16(18-15-9-3-2-8-14(15)17-12)19(10-5-11-20)13-6-4-7-13/h2-3,8-9,13,20H,4-7,10-11H2,1H3. The number of anilines is 1. The van der Waals surface area contributed by atoms with Gasteiger partial charge in [-0.25, -0.2) is 9.97 Å². The van der Waals surface area contributed by atoms with E-state index >= 15 is 0 Å². The van der Waals surface area contributed by atoms with Crippen LogP contribution in [-0.2, 0) is 0 Å². The Hall–Kier alpha value is -1.68. The fourth-order valence-corrected chi connectivity index (χ4v) is 2.75. The molecule has 4 heteroatoms. The lowest BCUT2D eigenvalue weighted by molar-refractivity contribution is 0.282. The summed E-state index contributed by atoms with van der Waals surface area (Å²) in [6.07, 6.45) is 4.52. The quantitative estimate of drug-likeness (QED) is 0.908. The molecule has 1 N–H and O–H groups in total. The molecule has 106 valence electrons. The maximum absolute atomic E-state index is 9.11. The smallest absolute Gasteiger partial charge is 0.151 e. The van der Waals surface area contributed by atoms with E-state index < -0.39 is 0 Å². The van der Waals surface area contributed by atoms with Gasteiger partial charge in [0.25, 0.3) is 0 Å². The predicted octanol–water partition coefficient (Wildman–Crippen LogP) is 2.68. The first-order chi connectivity index (χ1) is 9.79. The number of hydrogen-bond acceptors (Lipinski definition) is 4. The molecule has 0 amide bonds. The van der Waals surface area contributed by atoms with Crippen molar-refractivity contribution in [1.82, 2.24) is 9.97 Å². The predicted molar refractivity (Wildman–Crippen MR) is 81.0 cm³/mol. The summed E-state index contributed by atoms with van der Waals surface area (Å²) >= 11 is 0. The SMILES string of the molecule is Cc1nc2ccccc2nc1N(CCCO)C1CCC1. The van der Waals surface area contributed by atoms with Gasteiger partial charge < -0.3 is 10.0 Å². The maximum atomic E-state index is 9.11. The lowest BCUT2D eigenvalue weighted by Crippen LogP contribution is -2.42. The van der Waals surface area contributed by atoms with Crippen LogP contribution in [0.2, 0.25) is 0 Å². The number of aliphatic hydroxyl groups is 1. The van der Waals surface area contributed by atoms with Crippen molar-refractivity contribution in [3.8, 4) is 0 Å². The van der Waals surface area contributed by atoms with E-state index in [1.54, 1.807) is 0 Å². The number of nitrogens with zero attached hydrogens (tertiary/aromatic N) is 3. The highest BCUT2D eigenvalue weighted by Crippen LogP contribution is 2.30. The summed E-state index contributed by atoms with van der Waals surface area (Å²) in [5, 5.41) is 9.11. The molecule has 0 spiro atoms. The molecule has 0 bridgehead atoms. The summed E-state index contributed by atoms with van der Waals surface area (Å²) in [6, 6.07) is 8.57. The zero-order valence-electron chi connectivity index (χ0n) is 11.9. The van der Waals surface area contributed by atoms with E-state index in [0.29, 0.717) is 6.04 Å². The van der Waals surface area contributed by atoms with Gasteiger partial charge in [-0.05, 0) is 44.7 Å². The Morgan fingerprint density at radius 3 is 2.50 bits per heavy atom. The lowest BCUT2D eigenvalue weighted by Gasteiger charge is -2.39. The van der Waals surface area contributed by atoms with E-state index in [0.717, 1.165) is 35.5 Å². The van der Waals surface area contributed by atoms with Crippen LogP contribution in [0.25, 0.3) is 11.0 Å².